The molecule has 3 rings (SSSR count). The van der Waals surface area contributed by atoms with Gasteiger partial charge in [-0.2, -0.15) is 0 Å². The van der Waals surface area contributed by atoms with Crippen LogP contribution in [-0.4, -0.2) is 51.8 Å². The molecule has 0 aliphatic carbocycles. The molecule has 2 aromatic rings. The van der Waals surface area contributed by atoms with Crippen LogP contribution in [0, 0.1) is 0 Å². The molecule has 7 heteroatoms. The molecule has 1 aliphatic rings. The first-order valence-electron chi connectivity index (χ1n) is 9.18. The zero-order chi connectivity index (χ0) is 19.9. The monoisotopic (exact) mass is 386 g/mol. The van der Waals surface area contributed by atoms with E-state index in [9.17, 15) is 4.79 Å². The van der Waals surface area contributed by atoms with Crippen molar-refractivity contribution in [2.45, 2.75) is 13.0 Å². The summed E-state index contributed by atoms with van der Waals surface area (Å²) >= 11 is 0. The second-order valence-electron chi connectivity index (χ2n) is 6.58. The predicted octanol–water partition coefficient (Wildman–Crippen LogP) is 2.94. The summed E-state index contributed by atoms with van der Waals surface area (Å²) in [4.78, 5) is 14.4. The van der Waals surface area contributed by atoms with Crippen LogP contribution in [0.1, 0.15) is 12.0 Å². The zero-order valence-electron chi connectivity index (χ0n) is 16.5. The van der Waals surface area contributed by atoms with Gasteiger partial charge in [-0.15, -0.1) is 0 Å². The molecular formula is C21H26N2O5. The average Bonchev–Trinajstić information content (AvgIpc) is 2.72. The number of carbonyl (C=O) groups is 1. The number of nitrogens with one attached hydrogen (secondary N) is 1. The fourth-order valence-corrected chi connectivity index (χ4v) is 3.01. The Kier molecular flexibility index (Phi) is 6.60. The fourth-order valence-electron chi connectivity index (χ4n) is 3.01. The fraction of sp³-hybridized carbons (Fsp3) is 0.381. The van der Waals surface area contributed by atoms with Crippen molar-refractivity contribution in [2.75, 3.05) is 46.3 Å². The molecule has 0 atom stereocenters. The Balaban J connectivity index is 1.49. The molecule has 0 saturated carbocycles. The van der Waals surface area contributed by atoms with Crippen molar-refractivity contribution in [1.29, 1.82) is 0 Å². The number of nitrogens with zero attached hydrogens (tertiary/aromatic N) is 1. The number of benzene rings is 2. The third kappa shape index (κ3) is 5.07. The van der Waals surface area contributed by atoms with E-state index in [0.29, 0.717) is 61.4 Å². The summed E-state index contributed by atoms with van der Waals surface area (Å²) in [6, 6.07) is 11.3. The molecule has 0 spiro atoms. The number of rotatable bonds is 8. The van der Waals surface area contributed by atoms with Crippen LogP contribution in [0.3, 0.4) is 0 Å². The average molecular weight is 386 g/mol. The van der Waals surface area contributed by atoms with Crippen LogP contribution in [0.2, 0.25) is 0 Å². The number of amides is 1. The lowest BCUT2D eigenvalue weighted by atomic mass is 10.2. The van der Waals surface area contributed by atoms with Gasteiger partial charge in [-0.3, -0.25) is 4.79 Å². The van der Waals surface area contributed by atoms with Gasteiger partial charge in [0.15, 0.2) is 23.0 Å². The summed E-state index contributed by atoms with van der Waals surface area (Å²) in [5, 5.41) is 2.91. The summed E-state index contributed by atoms with van der Waals surface area (Å²) < 4.78 is 21.6. The zero-order valence-corrected chi connectivity index (χ0v) is 16.5. The smallest absolute Gasteiger partial charge is 0.225 e. The molecule has 2 aromatic carbocycles. The Morgan fingerprint density at radius 3 is 2.54 bits per heavy atom. The van der Waals surface area contributed by atoms with Crippen molar-refractivity contribution in [3.8, 4) is 23.0 Å². The Labute approximate surface area is 165 Å². The summed E-state index contributed by atoms with van der Waals surface area (Å²) in [6.45, 7) is 2.40. The van der Waals surface area contributed by atoms with E-state index in [2.05, 4.69) is 10.2 Å². The number of hydrogen-bond acceptors (Lipinski definition) is 6. The molecule has 0 saturated heterocycles. The number of methoxy groups -OCH3 is 2. The molecule has 1 N–H and O–H groups in total. The first-order valence-corrected chi connectivity index (χ1v) is 9.18. The lowest BCUT2D eigenvalue weighted by molar-refractivity contribution is -0.116. The van der Waals surface area contributed by atoms with Crippen molar-refractivity contribution in [1.82, 2.24) is 4.90 Å². The van der Waals surface area contributed by atoms with Gasteiger partial charge in [-0.05, 0) is 36.9 Å². The van der Waals surface area contributed by atoms with Crippen molar-refractivity contribution >= 4 is 11.6 Å². The van der Waals surface area contributed by atoms with E-state index in [4.69, 9.17) is 18.9 Å². The third-order valence-corrected chi connectivity index (χ3v) is 4.45. The molecule has 150 valence electrons. The molecule has 0 aromatic heterocycles. The van der Waals surface area contributed by atoms with Crippen molar-refractivity contribution in [2.24, 2.45) is 0 Å². The highest BCUT2D eigenvalue weighted by atomic mass is 16.6. The number of anilines is 1. The first-order chi connectivity index (χ1) is 13.6. The minimum absolute atomic E-state index is 0.0455. The lowest BCUT2D eigenvalue weighted by Crippen LogP contribution is -2.24. The SMILES string of the molecule is COc1ccc(CN(C)CCC(=O)Nc2ccc3c(c2)OCCO3)cc1OC. The van der Waals surface area contributed by atoms with Gasteiger partial charge in [0.2, 0.25) is 5.91 Å². The summed E-state index contributed by atoms with van der Waals surface area (Å²) in [5.74, 6) is 2.72. The predicted molar refractivity (Wildman–Crippen MR) is 107 cm³/mol. The minimum Gasteiger partial charge on any atom is -0.493 e. The summed E-state index contributed by atoms with van der Waals surface area (Å²) in [7, 11) is 5.21. The highest BCUT2D eigenvalue weighted by Gasteiger charge is 2.13. The summed E-state index contributed by atoms with van der Waals surface area (Å²) in [6.07, 6.45) is 0.387. The van der Waals surface area contributed by atoms with Crippen LogP contribution < -0.4 is 24.3 Å². The maximum atomic E-state index is 12.3. The van der Waals surface area contributed by atoms with Gasteiger partial charge in [-0.25, -0.2) is 0 Å². The number of ether oxygens (including phenoxy) is 4. The Hall–Kier alpha value is -2.93. The Bertz CT molecular complexity index is 824. The standard InChI is InChI=1S/C21H26N2O5/c1-23(14-15-4-6-17(25-2)19(12-15)26-3)9-8-21(24)22-16-5-7-18-20(13-16)28-11-10-27-18/h4-7,12-13H,8-11,14H2,1-3H3,(H,22,24). The van der Waals surface area contributed by atoms with E-state index in [1.54, 1.807) is 20.3 Å². The molecule has 1 aliphatic heterocycles. The van der Waals surface area contributed by atoms with E-state index in [1.165, 1.54) is 0 Å². The molecule has 7 nitrogen and oxygen atoms in total. The topological polar surface area (TPSA) is 69.3 Å². The normalized spacial score (nSPS) is 12.6. The second kappa shape index (κ2) is 9.32. The molecule has 0 unspecified atom stereocenters. The highest BCUT2D eigenvalue weighted by Crippen LogP contribution is 2.32. The molecular weight excluding hydrogens is 360 g/mol. The van der Waals surface area contributed by atoms with Crippen LogP contribution in [0.5, 0.6) is 23.0 Å². The maximum Gasteiger partial charge on any atom is 0.225 e. The molecule has 0 bridgehead atoms. The van der Waals surface area contributed by atoms with Crippen LogP contribution in [-0.2, 0) is 11.3 Å². The van der Waals surface area contributed by atoms with E-state index in [-0.39, 0.29) is 5.91 Å². The van der Waals surface area contributed by atoms with Crippen LogP contribution in [0.15, 0.2) is 36.4 Å². The highest BCUT2D eigenvalue weighted by molar-refractivity contribution is 5.91. The summed E-state index contributed by atoms with van der Waals surface area (Å²) in [5.41, 5.74) is 1.80. The molecule has 0 radical (unpaired) electrons. The maximum absolute atomic E-state index is 12.3. The van der Waals surface area contributed by atoms with Crippen molar-refractivity contribution in [3.05, 3.63) is 42.0 Å². The number of hydrogen-bond donors (Lipinski definition) is 1. The first kappa shape index (κ1) is 19.8. The number of carbonyl (C=O) groups excluding carboxylic acids is 1. The van der Waals surface area contributed by atoms with Gasteiger partial charge >= 0.3 is 0 Å². The van der Waals surface area contributed by atoms with Gasteiger partial charge in [-0.1, -0.05) is 6.07 Å². The second-order valence-corrected chi connectivity index (χ2v) is 6.58. The van der Waals surface area contributed by atoms with Crippen molar-refractivity contribution in [3.63, 3.8) is 0 Å². The van der Waals surface area contributed by atoms with E-state index >= 15 is 0 Å². The van der Waals surface area contributed by atoms with Crippen molar-refractivity contribution < 1.29 is 23.7 Å². The Morgan fingerprint density at radius 1 is 1.04 bits per heavy atom. The molecule has 1 heterocycles. The van der Waals surface area contributed by atoms with E-state index in [1.807, 2.05) is 37.4 Å². The molecule has 28 heavy (non-hydrogen) atoms. The molecule has 0 fully saturated rings. The minimum atomic E-state index is -0.0455. The van der Waals surface area contributed by atoms with E-state index in [0.717, 1.165) is 5.56 Å². The lowest BCUT2D eigenvalue weighted by Gasteiger charge is -2.19. The molecule has 1 amide bonds. The van der Waals surface area contributed by atoms with Gasteiger partial charge in [0.1, 0.15) is 13.2 Å². The van der Waals surface area contributed by atoms with E-state index < -0.39 is 0 Å². The van der Waals surface area contributed by atoms with Gasteiger partial charge in [0.25, 0.3) is 0 Å². The largest absolute Gasteiger partial charge is 0.493 e. The quantitative estimate of drug-likeness (QED) is 0.752. The third-order valence-electron chi connectivity index (χ3n) is 4.45. The van der Waals surface area contributed by atoms with Crippen LogP contribution in [0.25, 0.3) is 0 Å². The van der Waals surface area contributed by atoms with Gasteiger partial charge in [0, 0.05) is 31.3 Å². The van der Waals surface area contributed by atoms with Gasteiger partial charge in [0.05, 0.1) is 14.2 Å². The van der Waals surface area contributed by atoms with Crippen LogP contribution >= 0.6 is 0 Å². The van der Waals surface area contributed by atoms with Gasteiger partial charge < -0.3 is 29.2 Å². The number of fused-ring (bicyclic) bond motifs is 1. The van der Waals surface area contributed by atoms with Crippen LogP contribution in [0.4, 0.5) is 5.69 Å². The Morgan fingerprint density at radius 2 is 1.79 bits per heavy atom.